The van der Waals surface area contributed by atoms with Crippen molar-refractivity contribution in [3.63, 3.8) is 0 Å². The van der Waals surface area contributed by atoms with E-state index in [1.165, 1.54) is 12.1 Å². The molecule has 0 amide bonds. The van der Waals surface area contributed by atoms with Crippen LogP contribution >= 0.6 is 0 Å². The Kier molecular flexibility index (Phi) is 5.16. The van der Waals surface area contributed by atoms with Gasteiger partial charge in [0.05, 0.1) is 0 Å². The summed E-state index contributed by atoms with van der Waals surface area (Å²) in [6.07, 6.45) is 1.28. The summed E-state index contributed by atoms with van der Waals surface area (Å²) < 4.78 is 5.41. The van der Waals surface area contributed by atoms with Crippen LogP contribution in [0.5, 0.6) is 11.5 Å². The molecule has 0 atom stereocenters. The molecular formula is C21H23NO4. The van der Waals surface area contributed by atoms with E-state index in [0.29, 0.717) is 18.4 Å². The highest BCUT2D eigenvalue weighted by molar-refractivity contribution is 5.83. The minimum atomic E-state index is -0.363. The van der Waals surface area contributed by atoms with E-state index in [2.05, 4.69) is 18.7 Å². The quantitative estimate of drug-likeness (QED) is 0.520. The van der Waals surface area contributed by atoms with Crippen LogP contribution in [0.4, 0.5) is 5.69 Å². The van der Waals surface area contributed by atoms with Gasteiger partial charge in [-0.1, -0.05) is 6.07 Å². The molecule has 0 saturated heterocycles. The first kappa shape index (κ1) is 17.9. The van der Waals surface area contributed by atoms with E-state index in [0.717, 1.165) is 35.3 Å². The molecule has 0 radical (unpaired) electrons. The highest BCUT2D eigenvalue weighted by Crippen LogP contribution is 2.27. The standard InChI is InChI=1S/C21H23NO4/c1-3-22(4-2)16-8-9-17-15(12-21(25)26-20(17)13-16)7-5-14-6-10-18(23)19(24)11-14/h6,8-13,23-24H,3-5,7H2,1-2H3. The van der Waals surface area contributed by atoms with Crippen LogP contribution in [0, 0.1) is 0 Å². The second-order valence-electron chi connectivity index (χ2n) is 6.27. The van der Waals surface area contributed by atoms with Gasteiger partial charge in [0.1, 0.15) is 5.58 Å². The normalized spacial score (nSPS) is 11.0. The van der Waals surface area contributed by atoms with Crippen molar-refractivity contribution in [3.8, 4) is 11.5 Å². The summed E-state index contributed by atoms with van der Waals surface area (Å²) in [7, 11) is 0. The number of aryl methyl sites for hydroxylation is 2. The molecule has 0 spiro atoms. The first-order chi connectivity index (χ1) is 12.5. The Morgan fingerprint density at radius 3 is 2.38 bits per heavy atom. The van der Waals surface area contributed by atoms with E-state index in [-0.39, 0.29) is 17.1 Å². The van der Waals surface area contributed by atoms with E-state index < -0.39 is 0 Å². The molecule has 0 unspecified atom stereocenters. The molecule has 0 bridgehead atoms. The van der Waals surface area contributed by atoms with E-state index in [4.69, 9.17) is 4.42 Å². The van der Waals surface area contributed by atoms with E-state index in [9.17, 15) is 15.0 Å². The van der Waals surface area contributed by atoms with Crippen LogP contribution < -0.4 is 10.5 Å². The number of benzene rings is 2. The third-order valence-corrected chi connectivity index (χ3v) is 4.67. The van der Waals surface area contributed by atoms with Crippen molar-refractivity contribution >= 4 is 16.7 Å². The number of phenolic OH excluding ortho intramolecular Hbond substituents is 2. The van der Waals surface area contributed by atoms with Crippen LogP contribution in [0.1, 0.15) is 25.0 Å². The van der Waals surface area contributed by atoms with Crippen molar-refractivity contribution in [2.24, 2.45) is 0 Å². The average molecular weight is 353 g/mol. The number of fused-ring (bicyclic) bond motifs is 1. The fourth-order valence-corrected chi connectivity index (χ4v) is 3.21. The van der Waals surface area contributed by atoms with Gasteiger partial charge in [-0.25, -0.2) is 4.79 Å². The lowest BCUT2D eigenvalue weighted by Gasteiger charge is -2.21. The molecule has 0 saturated carbocycles. The van der Waals surface area contributed by atoms with E-state index >= 15 is 0 Å². The van der Waals surface area contributed by atoms with Crippen molar-refractivity contribution in [3.05, 3.63) is 64.0 Å². The minimum Gasteiger partial charge on any atom is -0.504 e. The van der Waals surface area contributed by atoms with Gasteiger partial charge in [0.25, 0.3) is 0 Å². The van der Waals surface area contributed by atoms with Crippen LogP contribution in [0.3, 0.4) is 0 Å². The Labute approximate surface area is 152 Å². The first-order valence-corrected chi connectivity index (χ1v) is 8.84. The highest BCUT2D eigenvalue weighted by Gasteiger charge is 2.10. The molecule has 1 heterocycles. The zero-order valence-electron chi connectivity index (χ0n) is 15.0. The fraction of sp³-hybridized carbons (Fsp3) is 0.286. The number of hydrogen-bond donors (Lipinski definition) is 2. The van der Waals surface area contributed by atoms with Gasteiger partial charge in [0, 0.05) is 36.3 Å². The maximum absolute atomic E-state index is 12.0. The van der Waals surface area contributed by atoms with E-state index in [1.54, 1.807) is 12.1 Å². The summed E-state index contributed by atoms with van der Waals surface area (Å²) in [5.41, 5.74) is 3.06. The molecule has 3 rings (SSSR count). The van der Waals surface area contributed by atoms with Crippen molar-refractivity contribution in [2.45, 2.75) is 26.7 Å². The molecule has 0 aliphatic rings. The molecule has 0 fully saturated rings. The number of anilines is 1. The summed E-state index contributed by atoms with van der Waals surface area (Å²) >= 11 is 0. The van der Waals surface area contributed by atoms with Gasteiger partial charge in [-0.3, -0.25) is 0 Å². The lowest BCUT2D eigenvalue weighted by Crippen LogP contribution is -2.21. The maximum atomic E-state index is 12.0. The summed E-state index contributed by atoms with van der Waals surface area (Å²) in [6.45, 7) is 5.95. The van der Waals surface area contributed by atoms with Crippen LogP contribution in [0.2, 0.25) is 0 Å². The zero-order valence-corrected chi connectivity index (χ0v) is 15.0. The lowest BCUT2D eigenvalue weighted by molar-refractivity contribution is 0.403. The number of rotatable bonds is 6. The molecule has 0 aliphatic carbocycles. The molecule has 5 heteroatoms. The van der Waals surface area contributed by atoms with Gasteiger partial charge in [-0.15, -0.1) is 0 Å². The Bertz CT molecular complexity index is 973. The second kappa shape index (κ2) is 7.52. The number of hydrogen-bond acceptors (Lipinski definition) is 5. The van der Waals surface area contributed by atoms with Gasteiger partial charge >= 0.3 is 5.63 Å². The Hall–Kier alpha value is -2.95. The molecule has 1 aromatic heterocycles. The summed E-state index contributed by atoms with van der Waals surface area (Å²) in [6, 6.07) is 12.3. The molecule has 2 N–H and O–H groups in total. The van der Waals surface area contributed by atoms with Crippen LogP contribution in [0.25, 0.3) is 11.0 Å². The fourth-order valence-electron chi connectivity index (χ4n) is 3.21. The summed E-state index contributed by atoms with van der Waals surface area (Å²) in [5, 5.41) is 20.0. The predicted molar refractivity (Wildman–Crippen MR) is 103 cm³/mol. The Morgan fingerprint density at radius 2 is 1.69 bits per heavy atom. The van der Waals surface area contributed by atoms with Crippen LogP contribution in [-0.4, -0.2) is 23.3 Å². The van der Waals surface area contributed by atoms with Gasteiger partial charge in [0.15, 0.2) is 11.5 Å². The molecule has 0 aliphatic heterocycles. The monoisotopic (exact) mass is 353 g/mol. The Balaban J connectivity index is 1.92. The number of aromatic hydroxyl groups is 2. The average Bonchev–Trinajstić information content (AvgIpc) is 2.63. The third kappa shape index (κ3) is 3.67. The third-order valence-electron chi connectivity index (χ3n) is 4.67. The van der Waals surface area contributed by atoms with Crippen molar-refractivity contribution in [1.29, 1.82) is 0 Å². The van der Waals surface area contributed by atoms with Gasteiger partial charge in [-0.05, 0) is 62.1 Å². The van der Waals surface area contributed by atoms with Crippen molar-refractivity contribution < 1.29 is 14.6 Å². The van der Waals surface area contributed by atoms with Gasteiger partial charge < -0.3 is 19.5 Å². The SMILES string of the molecule is CCN(CC)c1ccc2c(CCc3ccc(O)c(O)c3)cc(=O)oc2c1. The van der Waals surface area contributed by atoms with Crippen LogP contribution in [0.15, 0.2) is 51.7 Å². The molecular weight excluding hydrogens is 330 g/mol. The van der Waals surface area contributed by atoms with Crippen molar-refractivity contribution in [2.75, 3.05) is 18.0 Å². The molecule has 2 aromatic carbocycles. The molecule has 136 valence electrons. The highest BCUT2D eigenvalue weighted by atomic mass is 16.4. The first-order valence-electron chi connectivity index (χ1n) is 8.84. The van der Waals surface area contributed by atoms with Crippen molar-refractivity contribution in [1.82, 2.24) is 0 Å². The zero-order chi connectivity index (χ0) is 18.7. The minimum absolute atomic E-state index is 0.135. The lowest BCUT2D eigenvalue weighted by atomic mass is 10.0. The second-order valence-corrected chi connectivity index (χ2v) is 6.27. The van der Waals surface area contributed by atoms with Crippen LogP contribution in [-0.2, 0) is 12.8 Å². The molecule has 5 nitrogen and oxygen atoms in total. The molecule has 3 aromatic rings. The largest absolute Gasteiger partial charge is 0.504 e. The van der Waals surface area contributed by atoms with Gasteiger partial charge in [0.2, 0.25) is 0 Å². The maximum Gasteiger partial charge on any atom is 0.336 e. The summed E-state index contributed by atoms with van der Waals surface area (Å²) in [5.74, 6) is -0.271. The van der Waals surface area contributed by atoms with E-state index in [1.807, 2.05) is 18.2 Å². The Morgan fingerprint density at radius 1 is 0.923 bits per heavy atom. The predicted octanol–water partition coefficient (Wildman–Crippen LogP) is 3.84. The smallest absolute Gasteiger partial charge is 0.336 e. The topological polar surface area (TPSA) is 73.9 Å². The number of phenols is 2. The number of nitrogens with zero attached hydrogens (tertiary/aromatic N) is 1. The van der Waals surface area contributed by atoms with Gasteiger partial charge in [-0.2, -0.15) is 0 Å². The summed E-state index contributed by atoms with van der Waals surface area (Å²) in [4.78, 5) is 14.2. The molecule has 26 heavy (non-hydrogen) atoms.